The number of halogens is 1. The lowest BCUT2D eigenvalue weighted by molar-refractivity contribution is 0.870. The molecule has 3 rings (SSSR count). The van der Waals surface area contributed by atoms with Crippen molar-refractivity contribution in [1.82, 2.24) is 9.55 Å². The summed E-state index contributed by atoms with van der Waals surface area (Å²) in [6.07, 6.45) is 0. The molecule has 0 atom stereocenters. The summed E-state index contributed by atoms with van der Waals surface area (Å²) in [6, 6.07) is 17.5. The zero-order valence-electron chi connectivity index (χ0n) is 10.0. The Morgan fingerprint density at radius 2 is 1.84 bits per heavy atom. The first kappa shape index (κ1) is 11.8. The van der Waals surface area contributed by atoms with E-state index < -0.39 is 0 Å². The average Bonchev–Trinajstić information content (AvgIpc) is 2.79. The second kappa shape index (κ2) is 4.75. The van der Waals surface area contributed by atoms with Crippen molar-refractivity contribution < 1.29 is 0 Å². The van der Waals surface area contributed by atoms with Gasteiger partial charge in [-0.15, -0.1) is 0 Å². The summed E-state index contributed by atoms with van der Waals surface area (Å²) in [5, 5.41) is 9.68. The molecule has 0 unspecified atom stereocenters. The maximum Gasteiger partial charge on any atom is 0.142 e. The van der Waals surface area contributed by atoms with Crippen molar-refractivity contribution in [3.05, 3.63) is 53.6 Å². The standard InChI is InChI=1S/C15H10ClN3/c16-12-7-5-11(6-8-12)15-18-13-3-1-2-4-14(13)19(15)10-9-17/h1-8H,10H2. The van der Waals surface area contributed by atoms with Gasteiger partial charge in [-0.3, -0.25) is 0 Å². The Bertz CT molecular complexity index is 766. The van der Waals surface area contributed by atoms with Crippen LogP contribution in [0.5, 0.6) is 0 Å². The number of imidazole rings is 1. The number of nitriles is 1. The quantitative estimate of drug-likeness (QED) is 0.707. The van der Waals surface area contributed by atoms with E-state index in [9.17, 15) is 0 Å². The minimum atomic E-state index is 0.276. The van der Waals surface area contributed by atoms with Gasteiger partial charge < -0.3 is 4.57 Å². The smallest absolute Gasteiger partial charge is 0.142 e. The third-order valence-electron chi connectivity index (χ3n) is 2.99. The molecule has 0 aliphatic heterocycles. The Morgan fingerprint density at radius 3 is 2.58 bits per heavy atom. The molecule has 0 saturated carbocycles. The van der Waals surface area contributed by atoms with Crippen LogP contribution < -0.4 is 0 Å². The van der Waals surface area contributed by atoms with Crippen molar-refractivity contribution in [1.29, 1.82) is 5.26 Å². The van der Waals surface area contributed by atoms with Gasteiger partial charge in [0, 0.05) is 10.6 Å². The zero-order chi connectivity index (χ0) is 13.2. The van der Waals surface area contributed by atoms with E-state index >= 15 is 0 Å². The van der Waals surface area contributed by atoms with Gasteiger partial charge in [0.05, 0.1) is 17.1 Å². The first-order valence-electron chi connectivity index (χ1n) is 5.88. The minimum absolute atomic E-state index is 0.276. The molecule has 0 aliphatic rings. The average molecular weight is 268 g/mol. The van der Waals surface area contributed by atoms with E-state index in [1.165, 1.54) is 0 Å². The summed E-state index contributed by atoms with van der Waals surface area (Å²) in [7, 11) is 0. The predicted octanol–water partition coefficient (Wildman–Crippen LogP) is 3.88. The summed E-state index contributed by atoms with van der Waals surface area (Å²) < 4.78 is 1.92. The number of hydrogen-bond donors (Lipinski definition) is 0. The van der Waals surface area contributed by atoms with E-state index in [2.05, 4.69) is 11.1 Å². The summed E-state index contributed by atoms with van der Waals surface area (Å²) >= 11 is 5.90. The number of aromatic nitrogens is 2. The molecule has 2 aromatic carbocycles. The fraction of sp³-hybridized carbons (Fsp3) is 0.0667. The summed E-state index contributed by atoms with van der Waals surface area (Å²) in [5.41, 5.74) is 2.81. The number of nitrogens with zero attached hydrogens (tertiary/aromatic N) is 3. The van der Waals surface area contributed by atoms with Gasteiger partial charge in [0.15, 0.2) is 0 Å². The largest absolute Gasteiger partial charge is 0.310 e. The number of para-hydroxylation sites is 2. The van der Waals surface area contributed by atoms with Gasteiger partial charge in [-0.25, -0.2) is 4.98 Å². The van der Waals surface area contributed by atoms with E-state index in [1.807, 2.05) is 53.1 Å². The van der Waals surface area contributed by atoms with Crippen LogP contribution in [0.25, 0.3) is 22.4 Å². The third kappa shape index (κ3) is 2.07. The highest BCUT2D eigenvalue weighted by Gasteiger charge is 2.11. The number of fused-ring (bicyclic) bond motifs is 1. The maximum atomic E-state index is 8.99. The van der Waals surface area contributed by atoms with Gasteiger partial charge in [0.1, 0.15) is 12.4 Å². The van der Waals surface area contributed by atoms with Crippen molar-refractivity contribution >= 4 is 22.6 Å². The molecule has 1 heterocycles. The van der Waals surface area contributed by atoms with Gasteiger partial charge in [-0.2, -0.15) is 5.26 Å². The van der Waals surface area contributed by atoms with Crippen LogP contribution in [0.2, 0.25) is 5.02 Å². The molecule has 1 aromatic heterocycles. The summed E-state index contributed by atoms with van der Waals surface area (Å²) in [6.45, 7) is 0.276. The van der Waals surface area contributed by atoms with Gasteiger partial charge in [-0.1, -0.05) is 23.7 Å². The van der Waals surface area contributed by atoms with E-state index in [0.717, 1.165) is 22.4 Å². The Kier molecular flexibility index (Phi) is 2.94. The Hall–Kier alpha value is -2.31. The normalized spacial score (nSPS) is 10.5. The molecule has 0 spiro atoms. The molecule has 0 saturated heterocycles. The number of rotatable bonds is 2. The lowest BCUT2D eigenvalue weighted by atomic mass is 10.2. The minimum Gasteiger partial charge on any atom is -0.310 e. The molecule has 0 radical (unpaired) electrons. The Labute approximate surface area is 115 Å². The fourth-order valence-electron chi connectivity index (χ4n) is 2.13. The van der Waals surface area contributed by atoms with Crippen molar-refractivity contribution in [2.45, 2.75) is 6.54 Å². The van der Waals surface area contributed by atoms with Gasteiger partial charge in [-0.05, 0) is 36.4 Å². The van der Waals surface area contributed by atoms with Crippen molar-refractivity contribution in [3.8, 4) is 17.5 Å². The molecule has 3 nitrogen and oxygen atoms in total. The van der Waals surface area contributed by atoms with Crippen LogP contribution >= 0.6 is 11.6 Å². The highest BCUT2D eigenvalue weighted by atomic mass is 35.5. The van der Waals surface area contributed by atoms with Crippen LogP contribution in [0.4, 0.5) is 0 Å². The van der Waals surface area contributed by atoms with Crippen LogP contribution in [0.1, 0.15) is 0 Å². The molecule has 92 valence electrons. The fourth-order valence-corrected chi connectivity index (χ4v) is 2.25. The highest BCUT2D eigenvalue weighted by Crippen LogP contribution is 2.25. The van der Waals surface area contributed by atoms with Crippen LogP contribution in [-0.2, 0) is 6.54 Å². The zero-order valence-corrected chi connectivity index (χ0v) is 10.8. The van der Waals surface area contributed by atoms with Crippen LogP contribution in [-0.4, -0.2) is 9.55 Å². The second-order valence-electron chi connectivity index (χ2n) is 4.18. The second-order valence-corrected chi connectivity index (χ2v) is 4.61. The van der Waals surface area contributed by atoms with Gasteiger partial charge >= 0.3 is 0 Å². The molecule has 0 amide bonds. The molecule has 0 N–H and O–H groups in total. The topological polar surface area (TPSA) is 41.6 Å². The monoisotopic (exact) mass is 267 g/mol. The molecule has 0 fully saturated rings. The lowest BCUT2D eigenvalue weighted by Gasteiger charge is -2.04. The van der Waals surface area contributed by atoms with Crippen molar-refractivity contribution in [2.24, 2.45) is 0 Å². The summed E-state index contributed by atoms with van der Waals surface area (Å²) in [4.78, 5) is 4.60. The molecule has 0 aliphatic carbocycles. The van der Waals surface area contributed by atoms with E-state index in [4.69, 9.17) is 16.9 Å². The molecule has 19 heavy (non-hydrogen) atoms. The Morgan fingerprint density at radius 1 is 1.11 bits per heavy atom. The number of benzene rings is 2. The third-order valence-corrected chi connectivity index (χ3v) is 3.24. The maximum absolute atomic E-state index is 8.99. The Balaban J connectivity index is 2.25. The van der Waals surface area contributed by atoms with Crippen LogP contribution in [0.15, 0.2) is 48.5 Å². The molecule has 3 aromatic rings. The SMILES string of the molecule is N#CCn1c(-c2ccc(Cl)cc2)nc2ccccc21. The molecular formula is C15H10ClN3. The van der Waals surface area contributed by atoms with Gasteiger partial charge in [0.2, 0.25) is 0 Å². The van der Waals surface area contributed by atoms with Crippen molar-refractivity contribution in [3.63, 3.8) is 0 Å². The van der Waals surface area contributed by atoms with Gasteiger partial charge in [0.25, 0.3) is 0 Å². The predicted molar refractivity (Wildman–Crippen MR) is 75.8 cm³/mol. The summed E-state index contributed by atoms with van der Waals surface area (Å²) in [5.74, 6) is 0.791. The van der Waals surface area contributed by atoms with E-state index in [1.54, 1.807) is 0 Å². The number of hydrogen-bond acceptors (Lipinski definition) is 2. The van der Waals surface area contributed by atoms with Crippen molar-refractivity contribution in [2.75, 3.05) is 0 Å². The molecule has 4 heteroatoms. The lowest BCUT2D eigenvalue weighted by Crippen LogP contribution is -1.98. The molecular weight excluding hydrogens is 258 g/mol. The molecule has 0 bridgehead atoms. The van der Waals surface area contributed by atoms with E-state index in [0.29, 0.717) is 5.02 Å². The first-order chi connectivity index (χ1) is 9.29. The van der Waals surface area contributed by atoms with Crippen LogP contribution in [0.3, 0.4) is 0 Å². The first-order valence-corrected chi connectivity index (χ1v) is 6.25. The van der Waals surface area contributed by atoms with E-state index in [-0.39, 0.29) is 6.54 Å². The highest BCUT2D eigenvalue weighted by molar-refractivity contribution is 6.30. The van der Waals surface area contributed by atoms with Crippen LogP contribution in [0, 0.1) is 11.3 Å².